The SMILES string of the molecule is CC(C)C[C@H]1ON(C(=O)c2cn3cnnc3cn2)C2CN(C3CCN(C)CC3)C(=O)[C@H](CC(C)C)N2C1=O. The van der Waals surface area contributed by atoms with Crippen LogP contribution in [-0.4, -0.2) is 108 Å². The number of hydrogen-bond acceptors (Lipinski definition) is 8. The number of fused-ring (bicyclic) bond motifs is 2. The highest BCUT2D eigenvalue weighted by Crippen LogP contribution is 2.34. The van der Waals surface area contributed by atoms with Crippen LogP contribution in [0.25, 0.3) is 5.65 Å². The van der Waals surface area contributed by atoms with Gasteiger partial charge in [0.1, 0.15) is 18.1 Å². The van der Waals surface area contributed by atoms with Crippen molar-refractivity contribution < 1.29 is 19.2 Å². The van der Waals surface area contributed by atoms with Gasteiger partial charge in [-0.1, -0.05) is 27.7 Å². The number of hydroxylamine groups is 2. The molecule has 3 aliphatic rings. The summed E-state index contributed by atoms with van der Waals surface area (Å²) < 4.78 is 1.62. The standard InChI is InChI=1S/C26H38N8O4/c1-16(2)10-20-25(36)32(18-6-8-30(5)9-7-18)14-23-33(20)26(37)21(11-17(3)4)38-34(23)24(35)19-13-31-15-28-29-22(31)12-27-19/h12-13,15-18,20-21,23H,6-11,14H2,1-5H3/t20-,21+,23?/m0/s1. The van der Waals surface area contributed by atoms with Crippen LogP contribution in [0.5, 0.6) is 0 Å². The van der Waals surface area contributed by atoms with Gasteiger partial charge in [0.25, 0.3) is 11.8 Å². The Bertz CT molecular complexity index is 1190. The number of nitrogens with zero attached hydrogens (tertiary/aromatic N) is 8. The number of carbonyl (C=O) groups is 3. The van der Waals surface area contributed by atoms with E-state index in [9.17, 15) is 14.4 Å². The zero-order valence-corrected chi connectivity index (χ0v) is 22.9. The summed E-state index contributed by atoms with van der Waals surface area (Å²) in [5.74, 6) is -0.374. The first-order valence-electron chi connectivity index (χ1n) is 13.6. The van der Waals surface area contributed by atoms with E-state index < -0.39 is 24.2 Å². The number of piperazine rings is 1. The van der Waals surface area contributed by atoms with Crippen molar-refractivity contribution in [3.8, 4) is 0 Å². The summed E-state index contributed by atoms with van der Waals surface area (Å²) in [6.45, 7) is 10.1. The predicted molar refractivity (Wildman–Crippen MR) is 137 cm³/mol. The molecule has 3 saturated heterocycles. The van der Waals surface area contributed by atoms with Crippen molar-refractivity contribution in [3.63, 3.8) is 0 Å². The number of piperidine rings is 1. The van der Waals surface area contributed by atoms with E-state index in [0.29, 0.717) is 18.5 Å². The van der Waals surface area contributed by atoms with Crippen molar-refractivity contribution in [1.82, 2.24) is 39.3 Å². The molecular formula is C26H38N8O4. The summed E-state index contributed by atoms with van der Waals surface area (Å²) in [6.07, 6.45) is 5.62. The molecule has 0 saturated carbocycles. The van der Waals surface area contributed by atoms with E-state index in [1.807, 2.05) is 18.7 Å². The summed E-state index contributed by atoms with van der Waals surface area (Å²) in [5, 5.41) is 9.12. The lowest BCUT2D eigenvalue weighted by molar-refractivity contribution is -0.264. The lowest BCUT2D eigenvalue weighted by Crippen LogP contribution is -2.74. The van der Waals surface area contributed by atoms with E-state index in [0.717, 1.165) is 25.9 Å². The van der Waals surface area contributed by atoms with Gasteiger partial charge in [-0.2, -0.15) is 5.06 Å². The minimum absolute atomic E-state index is 0.0283. The quantitative estimate of drug-likeness (QED) is 0.555. The summed E-state index contributed by atoms with van der Waals surface area (Å²) in [4.78, 5) is 58.1. The normalized spacial score (nSPS) is 25.7. The molecule has 38 heavy (non-hydrogen) atoms. The van der Waals surface area contributed by atoms with Crippen molar-refractivity contribution in [3.05, 3.63) is 24.4 Å². The van der Waals surface area contributed by atoms with E-state index in [-0.39, 0.29) is 41.9 Å². The summed E-state index contributed by atoms with van der Waals surface area (Å²) in [7, 11) is 2.08. The van der Waals surface area contributed by atoms with Crippen LogP contribution in [0.3, 0.4) is 0 Å². The lowest BCUT2D eigenvalue weighted by Gasteiger charge is -2.55. The molecule has 12 nitrogen and oxygen atoms in total. The second-order valence-corrected chi connectivity index (χ2v) is 11.6. The second-order valence-electron chi connectivity index (χ2n) is 11.6. The largest absolute Gasteiger partial charge is 0.334 e. The highest BCUT2D eigenvalue weighted by molar-refractivity contribution is 5.95. The lowest BCUT2D eigenvalue weighted by atomic mass is 9.93. The van der Waals surface area contributed by atoms with E-state index in [4.69, 9.17) is 4.84 Å². The molecule has 12 heteroatoms. The number of amides is 3. The Kier molecular flexibility index (Phi) is 7.36. The third kappa shape index (κ3) is 4.98. The van der Waals surface area contributed by atoms with Gasteiger partial charge in [0.2, 0.25) is 5.91 Å². The average molecular weight is 527 g/mol. The predicted octanol–water partition coefficient (Wildman–Crippen LogP) is 1.43. The third-order valence-electron chi connectivity index (χ3n) is 7.74. The van der Waals surface area contributed by atoms with Gasteiger partial charge < -0.3 is 14.7 Å². The molecule has 0 aromatic carbocycles. The minimum Gasteiger partial charge on any atom is -0.334 e. The maximum absolute atomic E-state index is 14.0. The van der Waals surface area contributed by atoms with Crippen LogP contribution in [0.2, 0.25) is 0 Å². The van der Waals surface area contributed by atoms with Crippen LogP contribution >= 0.6 is 0 Å². The highest BCUT2D eigenvalue weighted by atomic mass is 16.7. The monoisotopic (exact) mass is 526 g/mol. The van der Waals surface area contributed by atoms with Crippen molar-refractivity contribution in [2.75, 3.05) is 26.7 Å². The topological polar surface area (TPSA) is 116 Å². The third-order valence-corrected chi connectivity index (χ3v) is 7.74. The van der Waals surface area contributed by atoms with Gasteiger partial charge >= 0.3 is 0 Å². The van der Waals surface area contributed by atoms with E-state index in [1.54, 1.807) is 15.5 Å². The fourth-order valence-corrected chi connectivity index (χ4v) is 5.79. The average Bonchev–Trinajstić information content (AvgIpc) is 3.35. The fourth-order valence-electron chi connectivity index (χ4n) is 5.79. The molecule has 0 radical (unpaired) electrons. The maximum Gasteiger partial charge on any atom is 0.299 e. The van der Waals surface area contributed by atoms with Crippen molar-refractivity contribution in [2.24, 2.45) is 11.8 Å². The van der Waals surface area contributed by atoms with Gasteiger partial charge in [-0.15, -0.1) is 10.2 Å². The van der Waals surface area contributed by atoms with Crippen molar-refractivity contribution in [1.29, 1.82) is 0 Å². The Morgan fingerprint density at radius 3 is 2.47 bits per heavy atom. The fraction of sp³-hybridized carbons (Fsp3) is 0.692. The molecule has 0 N–H and O–H groups in total. The maximum atomic E-state index is 14.0. The number of rotatable bonds is 6. The van der Waals surface area contributed by atoms with Gasteiger partial charge in [-0.05, 0) is 57.7 Å². The van der Waals surface area contributed by atoms with Crippen LogP contribution in [0.1, 0.15) is 63.9 Å². The van der Waals surface area contributed by atoms with E-state index in [1.165, 1.54) is 17.6 Å². The first kappa shape index (κ1) is 26.5. The number of carbonyl (C=O) groups excluding carboxylic acids is 3. The van der Waals surface area contributed by atoms with Crippen LogP contribution in [0, 0.1) is 11.8 Å². The smallest absolute Gasteiger partial charge is 0.299 e. The molecule has 2 aromatic rings. The van der Waals surface area contributed by atoms with Crippen molar-refractivity contribution in [2.45, 2.75) is 77.7 Å². The molecule has 5 rings (SSSR count). The molecule has 3 atom stereocenters. The van der Waals surface area contributed by atoms with Crippen LogP contribution in [0.4, 0.5) is 0 Å². The van der Waals surface area contributed by atoms with E-state index >= 15 is 0 Å². The highest BCUT2D eigenvalue weighted by Gasteiger charge is 2.54. The molecule has 0 aliphatic carbocycles. The molecule has 2 aromatic heterocycles. The van der Waals surface area contributed by atoms with Crippen LogP contribution in [0.15, 0.2) is 18.7 Å². The molecule has 0 spiro atoms. The van der Waals surface area contributed by atoms with Gasteiger partial charge in [0.05, 0.1) is 12.7 Å². The van der Waals surface area contributed by atoms with Gasteiger partial charge in [-0.25, -0.2) is 4.98 Å². The summed E-state index contributed by atoms with van der Waals surface area (Å²) in [5.41, 5.74) is 0.669. The molecule has 3 fully saturated rings. The van der Waals surface area contributed by atoms with Crippen LogP contribution in [-0.2, 0) is 14.4 Å². The Morgan fingerprint density at radius 2 is 1.79 bits per heavy atom. The Morgan fingerprint density at radius 1 is 1.08 bits per heavy atom. The minimum atomic E-state index is -0.855. The van der Waals surface area contributed by atoms with Crippen molar-refractivity contribution >= 4 is 23.4 Å². The second kappa shape index (κ2) is 10.6. The Balaban J connectivity index is 1.53. The molecule has 206 valence electrons. The number of aromatic nitrogens is 4. The van der Waals surface area contributed by atoms with Gasteiger partial charge in [0.15, 0.2) is 17.9 Å². The molecule has 1 unspecified atom stereocenters. The molecular weight excluding hydrogens is 488 g/mol. The Labute approximate surface area is 222 Å². The first-order valence-corrected chi connectivity index (χ1v) is 13.6. The molecule has 0 bridgehead atoms. The zero-order valence-electron chi connectivity index (χ0n) is 22.9. The first-order chi connectivity index (χ1) is 18.1. The number of hydrogen-bond donors (Lipinski definition) is 0. The van der Waals surface area contributed by atoms with E-state index in [2.05, 4.69) is 41.0 Å². The molecule has 3 amide bonds. The molecule has 3 aliphatic heterocycles. The summed E-state index contributed by atoms with van der Waals surface area (Å²) in [6, 6.07) is -0.592. The Hall–Kier alpha value is -3.12. The van der Waals surface area contributed by atoms with Crippen LogP contribution < -0.4 is 0 Å². The van der Waals surface area contributed by atoms with Gasteiger partial charge in [0, 0.05) is 12.2 Å². The summed E-state index contributed by atoms with van der Waals surface area (Å²) >= 11 is 0. The zero-order chi connectivity index (χ0) is 27.1. The number of likely N-dealkylation sites (tertiary alicyclic amines) is 1. The van der Waals surface area contributed by atoms with Gasteiger partial charge in [-0.3, -0.25) is 23.6 Å². The molecule has 5 heterocycles.